The summed E-state index contributed by atoms with van der Waals surface area (Å²) in [4.78, 5) is 11.1. The number of hydrogen-bond donors (Lipinski definition) is 1. The maximum absolute atomic E-state index is 11.1. The summed E-state index contributed by atoms with van der Waals surface area (Å²) in [7, 11) is 1.59. The Morgan fingerprint density at radius 2 is 2.21 bits per heavy atom. The van der Waals surface area contributed by atoms with Gasteiger partial charge < -0.3 is 14.8 Å². The van der Waals surface area contributed by atoms with Crippen LogP contribution < -0.4 is 5.32 Å². The maximum atomic E-state index is 11.1. The highest BCUT2D eigenvalue weighted by Gasteiger charge is 2.01. The first-order valence-electron chi connectivity index (χ1n) is 4.64. The third-order valence-corrected chi connectivity index (χ3v) is 1.75. The Balaban J connectivity index is 3.20. The van der Waals surface area contributed by atoms with Crippen LogP contribution in [-0.4, -0.2) is 44.8 Å². The summed E-state index contributed by atoms with van der Waals surface area (Å²) < 4.78 is 9.79. The smallest absolute Gasteiger partial charge is 0.246 e. The van der Waals surface area contributed by atoms with E-state index in [1.165, 1.54) is 0 Å². The molecule has 0 saturated carbocycles. The van der Waals surface area contributed by atoms with Crippen molar-refractivity contribution in [2.45, 2.75) is 18.7 Å². The average molecular weight is 224 g/mol. The molecular formula is C9H18ClNO3. The highest BCUT2D eigenvalue weighted by atomic mass is 35.5. The molecule has 1 N–H and O–H groups in total. The van der Waals surface area contributed by atoms with Crippen molar-refractivity contribution in [1.82, 2.24) is 5.32 Å². The van der Waals surface area contributed by atoms with E-state index >= 15 is 0 Å². The van der Waals surface area contributed by atoms with Crippen molar-refractivity contribution in [2.24, 2.45) is 0 Å². The van der Waals surface area contributed by atoms with Crippen LogP contribution in [0.1, 0.15) is 13.3 Å². The number of rotatable bonds is 8. The molecule has 0 radical (unpaired) electrons. The average Bonchev–Trinajstić information content (AvgIpc) is 2.12. The van der Waals surface area contributed by atoms with Crippen LogP contribution in [0, 0.1) is 0 Å². The minimum atomic E-state index is -0.113. The number of amides is 1. The zero-order valence-electron chi connectivity index (χ0n) is 8.72. The molecule has 4 nitrogen and oxygen atoms in total. The van der Waals surface area contributed by atoms with Crippen molar-refractivity contribution in [3.63, 3.8) is 0 Å². The molecule has 0 spiro atoms. The Bertz CT molecular complexity index is 153. The van der Waals surface area contributed by atoms with Crippen molar-refractivity contribution in [1.29, 1.82) is 0 Å². The number of alkyl halides is 1. The summed E-state index contributed by atoms with van der Waals surface area (Å²) in [6.07, 6.45) is 0.769. The number of hydrogen-bond acceptors (Lipinski definition) is 3. The second kappa shape index (κ2) is 9.24. The van der Waals surface area contributed by atoms with E-state index in [1.807, 2.05) is 6.92 Å². The van der Waals surface area contributed by atoms with Crippen molar-refractivity contribution in [2.75, 3.05) is 33.5 Å². The zero-order chi connectivity index (χ0) is 10.8. The summed E-state index contributed by atoms with van der Waals surface area (Å²) in [5.41, 5.74) is 0. The van der Waals surface area contributed by atoms with Gasteiger partial charge in [-0.2, -0.15) is 0 Å². The summed E-state index contributed by atoms with van der Waals surface area (Å²) in [5.74, 6) is -0.113. The van der Waals surface area contributed by atoms with Gasteiger partial charge in [0, 0.05) is 19.0 Å². The SMILES string of the molecule is COCCOCC(=O)NCCC(C)Cl. The number of ether oxygens (including phenoxy) is 2. The lowest BCUT2D eigenvalue weighted by Gasteiger charge is -2.06. The summed E-state index contributed by atoms with van der Waals surface area (Å²) >= 11 is 5.71. The first-order chi connectivity index (χ1) is 6.66. The second-order valence-corrected chi connectivity index (χ2v) is 3.71. The molecule has 0 aromatic rings. The monoisotopic (exact) mass is 223 g/mol. The quantitative estimate of drug-likeness (QED) is 0.489. The largest absolute Gasteiger partial charge is 0.382 e. The van der Waals surface area contributed by atoms with Crippen molar-refractivity contribution >= 4 is 17.5 Å². The van der Waals surface area contributed by atoms with Gasteiger partial charge in [-0.25, -0.2) is 0 Å². The van der Waals surface area contributed by atoms with Crippen LogP contribution in [0.25, 0.3) is 0 Å². The van der Waals surface area contributed by atoms with Crippen molar-refractivity contribution in [3.05, 3.63) is 0 Å². The van der Waals surface area contributed by atoms with Crippen LogP contribution in [0.5, 0.6) is 0 Å². The Labute approximate surface area is 89.9 Å². The molecule has 0 aliphatic carbocycles. The van der Waals surface area contributed by atoms with Crippen LogP contribution >= 0.6 is 11.6 Å². The molecule has 0 aliphatic rings. The minimum Gasteiger partial charge on any atom is -0.382 e. The lowest BCUT2D eigenvalue weighted by Crippen LogP contribution is -2.29. The third-order valence-electron chi connectivity index (χ3n) is 1.53. The molecule has 1 atom stereocenters. The highest BCUT2D eigenvalue weighted by molar-refractivity contribution is 6.20. The lowest BCUT2D eigenvalue weighted by atomic mass is 10.3. The molecule has 84 valence electrons. The van der Waals surface area contributed by atoms with E-state index in [9.17, 15) is 4.79 Å². The van der Waals surface area contributed by atoms with Crippen molar-refractivity contribution in [3.8, 4) is 0 Å². The van der Waals surface area contributed by atoms with Crippen molar-refractivity contribution < 1.29 is 14.3 Å². The Morgan fingerprint density at radius 1 is 1.50 bits per heavy atom. The highest BCUT2D eigenvalue weighted by Crippen LogP contribution is 1.97. The molecule has 14 heavy (non-hydrogen) atoms. The summed E-state index contributed by atoms with van der Waals surface area (Å²) in [6.45, 7) is 3.52. The van der Waals surface area contributed by atoms with Gasteiger partial charge in [0.1, 0.15) is 6.61 Å². The standard InChI is InChI=1S/C9H18ClNO3/c1-8(10)3-4-11-9(12)7-14-6-5-13-2/h8H,3-7H2,1-2H3,(H,11,12). The van der Waals surface area contributed by atoms with E-state index < -0.39 is 0 Å². The normalized spacial score (nSPS) is 12.5. The number of carbonyl (C=O) groups is 1. The first kappa shape index (κ1) is 13.7. The van der Waals surface area contributed by atoms with Crippen LogP contribution in [-0.2, 0) is 14.3 Å². The van der Waals surface area contributed by atoms with Crippen LogP contribution in [0.3, 0.4) is 0 Å². The summed E-state index contributed by atoms with van der Waals surface area (Å²) in [5, 5.41) is 2.79. The Hall–Kier alpha value is -0.320. The van der Waals surface area contributed by atoms with Gasteiger partial charge in [0.25, 0.3) is 0 Å². The van der Waals surface area contributed by atoms with Gasteiger partial charge in [-0.3, -0.25) is 4.79 Å². The van der Waals surface area contributed by atoms with E-state index in [-0.39, 0.29) is 17.9 Å². The van der Waals surface area contributed by atoms with Gasteiger partial charge in [0.15, 0.2) is 0 Å². The molecule has 1 amide bonds. The Morgan fingerprint density at radius 3 is 2.79 bits per heavy atom. The molecule has 0 aromatic carbocycles. The molecule has 0 aromatic heterocycles. The topological polar surface area (TPSA) is 47.6 Å². The molecule has 1 unspecified atom stereocenters. The lowest BCUT2D eigenvalue weighted by molar-refractivity contribution is -0.126. The molecule has 0 saturated heterocycles. The van der Waals surface area contributed by atoms with E-state index in [0.717, 1.165) is 6.42 Å². The molecule has 0 bridgehead atoms. The Kier molecular flexibility index (Phi) is 9.03. The molecule has 0 aliphatic heterocycles. The van der Waals surface area contributed by atoms with E-state index in [4.69, 9.17) is 21.1 Å². The fourth-order valence-electron chi connectivity index (χ4n) is 0.769. The predicted molar refractivity (Wildman–Crippen MR) is 55.6 cm³/mol. The minimum absolute atomic E-state index is 0.0834. The molecule has 0 heterocycles. The fraction of sp³-hybridized carbons (Fsp3) is 0.889. The zero-order valence-corrected chi connectivity index (χ0v) is 9.47. The van der Waals surface area contributed by atoms with Crippen LogP contribution in [0.4, 0.5) is 0 Å². The number of halogens is 1. The molecule has 5 heteroatoms. The van der Waals surface area contributed by atoms with Gasteiger partial charge in [0.05, 0.1) is 13.2 Å². The molecular weight excluding hydrogens is 206 g/mol. The number of methoxy groups -OCH3 is 1. The fourth-order valence-corrected chi connectivity index (χ4v) is 0.878. The van der Waals surface area contributed by atoms with E-state index in [2.05, 4.69) is 5.32 Å². The second-order valence-electron chi connectivity index (χ2n) is 2.96. The van der Waals surface area contributed by atoms with Gasteiger partial charge in [-0.1, -0.05) is 0 Å². The molecule has 0 rings (SSSR count). The van der Waals surface area contributed by atoms with Crippen LogP contribution in [0.2, 0.25) is 0 Å². The van der Waals surface area contributed by atoms with Gasteiger partial charge in [-0.15, -0.1) is 11.6 Å². The van der Waals surface area contributed by atoms with Gasteiger partial charge in [-0.05, 0) is 13.3 Å². The maximum Gasteiger partial charge on any atom is 0.246 e. The number of nitrogens with one attached hydrogen (secondary N) is 1. The van der Waals surface area contributed by atoms with E-state index in [1.54, 1.807) is 7.11 Å². The predicted octanol–water partition coefficient (Wildman–Crippen LogP) is 0.783. The van der Waals surface area contributed by atoms with E-state index in [0.29, 0.717) is 19.8 Å². The number of carbonyl (C=O) groups excluding carboxylic acids is 1. The first-order valence-corrected chi connectivity index (χ1v) is 5.08. The molecule has 0 fully saturated rings. The van der Waals surface area contributed by atoms with Gasteiger partial charge >= 0.3 is 0 Å². The third kappa shape index (κ3) is 9.77. The van der Waals surface area contributed by atoms with Crippen LogP contribution in [0.15, 0.2) is 0 Å². The van der Waals surface area contributed by atoms with Gasteiger partial charge in [0.2, 0.25) is 5.91 Å². The summed E-state index contributed by atoms with van der Waals surface area (Å²) in [6, 6.07) is 0.